The topological polar surface area (TPSA) is 54.5 Å². The van der Waals surface area contributed by atoms with E-state index in [4.69, 9.17) is 4.74 Å². The zero-order valence-corrected chi connectivity index (χ0v) is 12.6. The second-order valence-corrected chi connectivity index (χ2v) is 5.84. The standard InChI is InChI=1S/C14H21N3O2S/c1-2-12(20-13-5-3-4-6-15-13)14(18)16-11-17-7-9-19-10-8-17/h3-6,12H,2,7-11H2,1H3,(H,16,18). The van der Waals surface area contributed by atoms with Crippen molar-refractivity contribution < 1.29 is 9.53 Å². The summed E-state index contributed by atoms with van der Waals surface area (Å²) in [4.78, 5) is 18.7. The summed E-state index contributed by atoms with van der Waals surface area (Å²) in [6.45, 7) is 5.87. The Morgan fingerprint density at radius 3 is 2.95 bits per heavy atom. The van der Waals surface area contributed by atoms with Crippen LogP contribution in [-0.2, 0) is 9.53 Å². The molecule has 2 rings (SSSR count). The highest BCUT2D eigenvalue weighted by atomic mass is 32.2. The van der Waals surface area contributed by atoms with Gasteiger partial charge in [-0.3, -0.25) is 9.69 Å². The number of hydrogen-bond acceptors (Lipinski definition) is 5. The molecule has 0 bridgehead atoms. The molecule has 6 heteroatoms. The molecule has 5 nitrogen and oxygen atoms in total. The second kappa shape index (κ2) is 8.24. The van der Waals surface area contributed by atoms with Gasteiger partial charge in [-0.25, -0.2) is 4.98 Å². The molecule has 1 amide bonds. The lowest BCUT2D eigenvalue weighted by molar-refractivity contribution is -0.121. The zero-order valence-electron chi connectivity index (χ0n) is 11.7. The van der Waals surface area contributed by atoms with Crippen LogP contribution in [0.1, 0.15) is 13.3 Å². The minimum Gasteiger partial charge on any atom is -0.379 e. The van der Waals surface area contributed by atoms with Gasteiger partial charge in [-0.05, 0) is 18.6 Å². The first kappa shape index (κ1) is 15.3. The highest BCUT2D eigenvalue weighted by molar-refractivity contribution is 8.00. The number of hydrogen-bond donors (Lipinski definition) is 1. The fourth-order valence-corrected chi connectivity index (χ4v) is 2.88. The summed E-state index contributed by atoms with van der Waals surface area (Å²) in [5, 5.41) is 3.80. The number of carbonyl (C=O) groups excluding carboxylic acids is 1. The molecule has 1 aromatic heterocycles. The SMILES string of the molecule is CCC(Sc1ccccn1)C(=O)NCN1CCOCC1. The molecule has 20 heavy (non-hydrogen) atoms. The van der Waals surface area contributed by atoms with Crippen molar-refractivity contribution >= 4 is 17.7 Å². The van der Waals surface area contributed by atoms with Gasteiger partial charge < -0.3 is 10.1 Å². The Kier molecular flexibility index (Phi) is 6.29. The molecule has 1 aliphatic heterocycles. The van der Waals surface area contributed by atoms with Crippen LogP contribution >= 0.6 is 11.8 Å². The summed E-state index contributed by atoms with van der Waals surface area (Å²) in [6.07, 6.45) is 2.54. The largest absolute Gasteiger partial charge is 0.379 e. The number of thioether (sulfide) groups is 1. The molecule has 0 aromatic carbocycles. The van der Waals surface area contributed by atoms with Gasteiger partial charge in [0.15, 0.2) is 0 Å². The molecule has 2 heterocycles. The van der Waals surface area contributed by atoms with Crippen LogP contribution in [0.2, 0.25) is 0 Å². The van der Waals surface area contributed by atoms with Crippen molar-refractivity contribution in [2.24, 2.45) is 0 Å². The van der Waals surface area contributed by atoms with Gasteiger partial charge in [0.25, 0.3) is 0 Å². The quantitative estimate of drug-likeness (QED) is 0.803. The van der Waals surface area contributed by atoms with Gasteiger partial charge >= 0.3 is 0 Å². The van der Waals surface area contributed by atoms with E-state index in [0.717, 1.165) is 37.8 Å². The number of amides is 1. The van der Waals surface area contributed by atoms with E-state index in [1.165, 1.54) is 11.8 Å². The van der Waals surface area contributed by atoms with Crippen molar-refractivity contribution in [3.63, 3.8) is 0 Å². The lowest BCUT2D eigenvalue weighted by atomic mass is 10.3. The first-order valence-corrected chi connectivity index (χ1v) is 7.83. The Balaban J connectivity index is 1.79. The molecule has 1 aromatic rings. The van der Waals surface area contributed by atoms with Gasteiger partial charge in [0.1, 0.15) is 0 Å². The fraction of sp³-hybridized carbons (Fsp3) is 0.571. The van der Waals surface area contributed by atoms with Crippen LogP contribution in [0.3, 0.4) is 0 Å². The zero-order chi connectivity index (χ0) is 14.2. The molecule has 0 aliphatic carbocycles. The van der Waals surface area contributed by atoms with Gasteiger partial charge in [-0.1, -0.05) is 24.8 Å². The van der Waals surface area contributed by atoms with E-state index in [0.29, 0.717) is 6.67 Å². The van der Waals surface area contributed by atoms with E-state index in [1.807, 2.05) is 25.1 Å². The highest BCUT2D eigenvalue weighted by Gasteiger charge is 2.19. The van der Waals surface area contributed by atoms with Crippen LogP contribution in [0.25, 0.3) is 0 Å². The van der Waals surface area contributed by atoms with Gasteiger partial charge in [0, 0.05) is 19.3 Å². The Morgan fingerprint density at radius 1 is 1.50 bits per heavy atom. The molecule has 1 unspecified atom stereocenters. The number of aromatic nitrogens is 1. The second-order valence-electron chi connectivity index (χ2n) is 4.61. The molecule has 1 saturated heterocycles. The number of carbonyl (C=O) groups is 1. The summed E-state index contributed by atoms with van der Waals surface area (Å²) in [7, 11) is 0. The van der Waals surface area contributed by atoms with Crippen molar-refractivity contribution in [1.82, 2.24) is 15.2 Å². The van der Waals surface area contributed by atoms with Gasteiger partial charge in [-0.2, -0.15) is 0 Å². The fourth-order valence-electron chi connectivity index (χ4n) is 1.95. The van der Waals surface area contributed by atoms with Gasteiger partial charge in [0.2, 0.25) is 5.91 Å². The predicted molar refractivity (Wildman–Crippen MR) is 79.6 cm³/mol. The van der Waals surface area contributed by atoms with Crippen molar-refractivity contribution in [2.75, 3.05) is 33.0 Å². The smallest absolute Gasteiger partial charge is 0.234 e. The highest BCUT2D eigenvalue weighted by Crippen LogP contribution is 2.23. The first-order valence-electron chi connectivity index (χ1n) is 6.95. The maximum Gasteiger partial charge on any atom is 0.234 e. The van der Waals surface area contributed by atoms with Crippen molar-refractivity contribution in [3.8, 4) is 0 Å². The molecular weight excluding hydrogens is 274 g/mol. The molecule has 0 radical (unpaired) electrons. The summed E-state index contributed by atoms with van der Waals surface area (Å²) < 4.78 is 5.29. The minimum atomic E-state index is -0.0917. The average Bonchev–Trinajstić information content (AvgIpc) is 2.52. The summed E-state index contributed by atoms with van der Waals surface area (Å²) >= 11 is 1.52. The van der Waals surface area contributed by atoms with E-state index >= 15 is 0 Å². The Bertz CT molecular complexity index is 410. The van der Waals surface area contributed by atoms with Gasteiger partial charge in [0.05, 0.1) is 30.2 Å². The molecule has 1 atom stereocenters. The molecule has 0 spiro atoms. The van der Waals surface area contributed by atoms with Crippen molar-refractivity contribution in [3.05, 3.63) is 24.4 Å². The van der Waals surface area contributed by atoms with Crippen molar-refractivity contribution in [1.29, 1.82) is 0 Å². The van der Waals surface area contributed by atoms with Crippen LogP contribution < -0.4 is 5.32 Å². The number of nitrogens with one attached hydrogen (secondary N) is 1. The molecule has 1 aliphatic rings. The monoisotopic (exact) mass is 295 g/mol. The van der Waals surface area contributed by atoms with E-state index in [1.54, 1.807) is 6.20 Å². The van der Waals surface area contributed by atoms with E-state index in [-0.39, 0.29) is 11.2 Å². The number of rotatable bonds is 6. The van der Waals surface area contributed by atoms with E-state index < -0.39 is 0 Å². The van der Waals surface area contributed by atoms with Crippen LogP contribution in [-0.4, -0.2) is 54.0 Å². The van der Waals surface area contributed by atoms with Gasteiger partial charge in [-0.15, -0.1) is 0 Å². The molecule has 1 fully saturated rings. The van der Waals surface area contributed by atoms with Crippen molar-refractivity contribution in [2.45, 2.75) is 23.6 Å². The minimum absolute atomic E-state index is 0.0784. The first-order chi connectivity index (χ1) is 9.79. The summed E-state index contributed by atoms with van der Waals surface area (Å²) in [6, 6.07) is 5.75. The molecule has 0 saturated carbocycles. The lowest BCUT2D eigenvalue weighted by Gasteiger charge is -2.27. The third kappa shape index (κ3) is 4.77. The summed E-state index contributed by atoms with van der Waals surface area (Å²) in [5.74, 6) is 0.0784. The number of morpholine rings is 1. The van der Waals surface area contributed by atoms with Crippen LogP contribution in [0.5, 0.6) is 0 Å². The Hall–Kier alpha value is -1.11. The molecular formula is C14H21N3O2S. The number of nitrogens with zero attached hydrogens (tertiary/aromatic N) is 2. The molecule has 1 N–H and O–H groups in total. The maximum atomic E-state index is 12.2. The number of pyridine rings is 1. The third-order valence-corrected chi connectivity index (χ3v) is 4.46. The molecule has 110 valence electrons. The third-order valence-electron chi connectivity index (χ3n) is 3.14. The average molecular weight is 295 g/mol. The Labute approximate surface area is 124 Å². The maximum absolute atomic E-state index is 12.2. The number of ether oxygens (including phenoxy) is 1. The predicted octanol–water partition coefficient (Wildman–Crippen LogP) is 1.36. The summed E-state index contributed by atoms with van der Waals surface area (Å²) in [5.41, 5.74) is 0. The van der Waals surface area contributed by atoms with E-state index in [2.05, 4.69) is 15.2 Å². The van der Waals surface area contributed by atoms with Crippen LogP contribution in [0.15, 0.2) is 29.4 Å². The van der Waals surface area contributed by atoms with Crippen LogP contribution in [0, 0.1) is 0 Å². The Morgan fingerprint density at radius 2 is 2.30 bits per heavy atom. The van der Waals surface area contributed by atoms with E-state index in [9.17, 15) is 4.79 Å². The normalized spacial score (nSPS) is 17.6. The van der Waals surface area contributed by atoms with Crippen LogP contribution in [0.4, 0.5) is 0 Å². The lowest BCUT2D eigenvalue weighted by Crippen LogP contribution is -2.45.